The van der Waals surface area contributed by atoms with Gasteiger partial charge >= 0.3 is 0 Å². The highest BCUT2D eigenvalue weighted by molar-refractivity contribution is 5.85. The molecule has 5 aliphatic rings. The van der Waals surface area contributed by atoms with Crippen molar-refractivity contribution in [1.82, 2.24) is 9.80 Å². The summed E-state index contributed by atoms with van der Waals surface area (Å²) in [4.78, 5) is 17.1. The van der Waals surface area contributed by atoms with Crippen LogP contribution in [0.2, 0.25) is 0 Å². The first-order valence-electron chi connectivity index (χ1n) is 10.1. The summed E-state index contributed by atoms with van der Waals surface area (Å²) in [5.74, 6) is 3.20. The lowest BCUT2D eigenvalue weighted by Crippen LogP contribution is -2.52. The van der Waals surface area contributed by atoms with Gasteiger partial charge in [0.1, 0.15) is 0 Å². The maximum atomic E-state index is 12.8. The second kappa shape index (κ2) is 7.01. The van der Waals surface area contributed by atoms with Crippen molar-refractivity contribution < 1.29 is 4.79 Å². The normalized spacial score (nSPS) is 42.4. The second-order valence-electron chi connectivity index (χ2n) is 10.1. The van der Waals surface area contributed by atoms with Crippen molar-refractivity contribution >= 4 is 18.3 Å². The third-order valence-corrected chi connectivity index (χ3v) is 7.65. The van der Waals surface area contributed by atoms with E-state index < -0.39 is 0 Å². The summed E-state index contributed by atoms with van der Waals surface area (Å²) >= 11 is 0. The molecule has 1 atom stereocenters. The van der Waals surface area contributed by atoms with Crippen LogP contribution in [-0.4, -0.2) is 55.5 Å². The number of carbonyl (C=O) groups is 1. The summed E-state index contributed by atoms with van der Waals surface area (Å²) in [6.07, 6.45) is 9.69. The maximum absolute atomic E-state index is 12.8. The van der Waals surface area contributed by atoms with Gasteiger partial charge in [0, 0.05) is 20.1 Å². The minimum atomic E-state index is 0. The lowest BCUT2D eigenvalue weighted by atomic mass is 9.49. The molecular weight excluding hydrogens is 334 g/mol. The molecule has 2 N–H and O–H groups in total. The van der Waals surface area contributed by atoms with E-state index in [1.54, 1.807) is 0 Å². The SMILES string of the molecule is CN(CC12CC3CC(CC(C3)C1)C2)C(=O)CN1CCC(C)(CN)C1.Cl. The zero-order chi connectivity index (χ0) is 16.9. The lowest BCUT2D eigenvalue weighted by molar-refractivity contribution is -0.136. The zero-order valence-electron chi connectivity index (χ0n) is 16.0. The molecule has 0 radical (unpaired) electrons. The van der Waals surface area contributed by atoms with Gasteiger partial charge in [0.15, 0.2) is 0 Å². The van der Waals surface area contributed by atoms with Crippen molar-refractivity contribution in [3.8, 4) is 0 Å². The van der Waals surface area contributed by atoms with E-state index in [-0.39, 0.29) is 17.8 Å². The molecule has 4 saturated carbocycles. The molecule has 1 unspecified atom stereocenters. The van der Waals surface area contributed by atoms with Gasteiger partial charge in [-0.2, -0.15) is 0 Å². The molecule has 1 aliphatic heterocycles. The van der Waals surface area contributed by atoms with Crippen LogP contribution in [0.15, 0.2) is 0 Å². The van der Waals surface area contributed by atoms with Crippen molar-refractivity contribution in [3.05, 3.63) is 0 Å². The third kappa shape index (κ3) is 3.86. The lowest BCUT2D eigenvalue weighted by Gasteiger charge is -2.57. The number of rotatable bonds is 5. The van der Waals surface area contributed by atoms with Crippen LogP contribution in [0.5, 0.6) is 0 Å². The number of hydrogen-bond donors (Lipinski definition) is 1. The van der Waals surface area contributed by atoms with Gasteiger partial charge in [-0.1, -0.05) is 6.92 Å². The molecule has 0 aromatic carbocycles. The number of amides is 1. The Morgan fingerprint density at radius 3 is 2.20 bits per heavy atom. The van der Waals surface area contributed by atoms with Gasteiger partial charge in [0.2, 0.25) is 5.91 Å². The summed E-state index contributed by atoms with van der Waals surface area (Å²) in [6.45, 7) is 6.54. The average Bonchev–Trinajstić information content (AvgIpc) is 2.87. The van der Waals surface area contributed by atoms with Crippen LogP contribution >= 0.6 is 12.4 Å². The Labute approximate surface area is 159 Å². The summed E-state index contributed by atoms with van der Waals surface area (Å²) in [5, 5.41) is 0. The highest BCUT2D eigenvalue weighted by atomic mass is 35.5. The molecule has 0 aromatic heterocycles. The van der Waals surface area contributed by atoms with E-state index in [2.05, 4.69) is 16.7 Å². The van der Waals surface area contributed by atoms with Gasteiger partial charge < -0.3 is 10.6 Å². The van der Waals surface area contributed by atoms with Crippen LogP contribution in [0.1, 0.15) is 51.9 Å². The van der Waals surface area contributed by atoms with Crippen LogP contribution in [0.4, 0.5) is 0 Å². The Kier molecular flexibility index (Phi) is 5.45. The van der Waals surface area contributed by atoms with Gasteiger partial charge in [-0.05, 0) is 86.6 Å². The number of hydrogen-bond acceptors (Lipinski definition) is 3. The molecule has 1 saturated heterocycles. The highest BCUT2D eigenvalue weighted by Crippen LogP contribution is 2.60. The molecule has 144 valence electrons. The van der Waals surface area contributed by atoms with Gasteiger partial charge in [0.05, 0.1) is 6.54 Å². The van der Waals surface area contributed by atoms with E-state index in [9.17, 15) is 4.79 Å². The predicted molar refractivity (Wildman–Crippen MR) is 104 cm³/mol. The fraction of sp³-hybridized carbons (Fsp3) is 0.950. The Morgan fingerprint density at radius 1 is 1.16 bits per heavy atom. The highest BCUT2D eigenvalue weighted by Gasteiger charge is 2.51. The summed E-state index contributed by atoms with van der Waals surface area (Å²) in [6, 6.07) is 0. The smallest absolute Gasteiger partial charge is 0.236 e. The first-order chi connectivity index (χ1) is 11.4. The van der Waals surface area contributed by atoms with Gasteiger partial charge in [0.25, 0.3) is 0 Å². The van der Waals surface area contributed by atoms with Crippen LogP contribution in [-0.2, 0) is 4.79 Å². The molecule has 4 bridgehead atoms. The van der Waals surface area contributed by atoms with E-state index in [1.165, 1.54) is 38.5 Å². The molecule has 0 spiro atoms. The molecule has 1 heterocycles. The molecule has 0 aromatic rings. The number of nitrogens with zero attached hydrogens (tertiary/aromatic N) is 2. The zero-order valence-corrected chi connectivity index (χ0v) is 16.8. The average molecular weight is 370 g/mol. The van der Waals surface area contributed by atoms with Gasteiger partial charge in [-0.15, -0.1) is 12.4 Å². The van der Waals surface area contributed by atoms with Gasteiger partial charge in [-0.3, -0.25) is 9.69 Å². The van der Waals surface area contributed by atoms with Crippen molar-refractivity contribution in [2.45, 2.75) is 51.9 Å². The summed E-state index contributed by atoms with van der Waals surface area (Å²) in [7, 11) is 2.04. The minimum absolute atomic E-state index is 0. The Morgan fingerprint density at radius 2 is 1.72 bits per heavy atom. The number of halogens is 1. The Hall–Kier alpha value is -0.320. The largest absolute Gasteiger partial charge is 0.344 e. The van der Waals surface area contributed by atoms with E-state index in [1.807, 2.05) is 7.05 Å². The fourth-order valence-corrected chi connectivity index (χ4v) is 6.81. The summed E-state index contributed by atoms with van der Waals surface area (Å²) < 4.78 is 0. The third-order valence-electron chi connectivity index (χ3n) is 7.65. The van der Waals surface area contributed by atoms with Crippen LogP contribution in [0.25, 0.3) is 0 Å². The van der Waals surface area contributed by atoms with E-state index in [0.29, 0.717) is 17.9 Å². The number of likely N-dealkylation sites (tertiary alicyclic amines) is 1. The van der Waals surface area contributed by atoms with Crippen molar-refractivity contribution in [1.29, 1.82) is 0 Å². The second-order valence-corrected chi connectivity index (χ2v) is 10.1. The monoisotopic (exact) mass is 369 g/mol. The van der Waals surface area contributed by atoms with Crippen LogP contribution in [0.3, 0.4) is 0 Å². The van der Waals surface area contributed by atoms with E-state index in [4.69, 9.17) is 5.73 Å². The van der Waals surface area contributed by atoms with Gasteiger partial charge in [-0.25, -0.2) is 0 Å². The quantitative estimate of drug-likeness (QED) is 0.810. The fourth-order valence-electron chi connectivity index (χ4n) is 6.81. The van der Waals surface area contributed by atoms with Crippen LogP contribution in [0, 0.1) is 28.6 Å². The first kappa shape index (κ1) is 19.4. The topological polar surface area (TPSA) is 49.6 Å². The molecular formula is C20H36ClN3O. The van der Waals surface area contributed by atoms with Crippen molar-refractivity contribution in [2.24, 2.45) is 34.3 Å². The van der Waals surface area contributed by atoms with E-state index in [0.717, 1.165) is 50.4 Å². The predicted octanol–water partition coefficient (Wildman–Crippen LogP) is 2.75. The number of nitrogens with two attached hydrogens (primary N) is 1. The molecule has 5 fully saturated rings. The molecule has 1 amide bonds. The maximum Gasteiger partial charge on any atom is 0.236 e. The molecule has 5 rings (SSSR count). The Bertz CT molecular complexity index is 476. The van der Waals surface area contributed by atoms with Crippen molar-refractivity contribution in [3.63, 3.8) is 0 Å². The van der Waals surface area contributed by atoms with Crippen LogP contribution < -0.4 is 5.73 Å². The molecule has 4 aliphatic carbocycles. The molecule has 4 nitrogen and oxygen atoms in total. The Balaban J connectivity index is 0.00000182. The number of likely N-dealkylation sites (N-methyl/N-ethyl adjacent to an activating group) is 1. The summed E-state index contributed by atoms with van der Waals surface area (Å²) in [5.41, 5.74) is 6.56. The standard InChI is InChI=1S/C20H35N3O.ClH/c1-19(12-21)3-4-23(13-19)11-18(24)22(2)14-20-8-15-5-16(9-20)7-17(6-15)10-20;/h15-17H,3-14,21H2,1-2H3;1H. The number of carbonyl (C=O) groups excluding carboxylic acids is 1. The molecule has 25 heavy (non-hydrogen) atoms. The minimum Gasteiger partial charge on any atom is -0.344 e. The molecule has 5 heteroatoms. The van der Waals surface area contributed by atoms with Crippen molar-refractivity contribution in [2.75, 3.05) is 39.8 Å². The first-order valence-corrected chi connectivity index (χ1v) is 10.1. The van der Waals surface area contributed by atoms with E-state index >= 15 is 0 Å².